The van der Waals surface area contributed by atoms with Crippen molar-refractivity contribution in [3.63, 3.8) is 0 Å². The number of carbonyl (C=O) groups excluding carboxylic acids is 1. The SMILES string of the molecule is COc1ccc2occ(C(=O)N3C[C@@H]4COCC[C@]4(N)C3)c2c1. The summed E-state index contributed by atoms with van der Waals surface area (Å²) in [4.78, 5) is 14.8. The van der Waals surface area contributed by atoms with Crippen LogP contribution in [0.25, 0.3) is 11.0 Å². The van der Waals surface area contributed by atoms with Gasteiger partial charge < -0.3 is 24.5 Å². The summed E-state index contributed by atoms with van der Waals surface area (Å²) in [5.74, 6) is 0.857. The first kappa shape index (κ1) is 14.5. The Morgan fingerprint density at radius 2 is 2.35 bits per heavy atom. The molecule has 0 bridgehead atoms. The highest BCUT2D eigenvalue weighted by atomic mass is 16.5. The second-order valence-electron chi connectivity index (χ2n) is 6.45. The summed E-state index contributed by atoms with van der Waals surface area (Å²) >= 11 is 0. The number of ether oxygens (including phenoxy) is 2. The first-order valence-electron chi connectivity index (χ1n) is 7.82. The van der Waals surface area contributed by atoms with Gasteiger partial charge in [0.05, 0.1) is 19.3 Å². The van der Waals surface area contributed by atoms with Gasteiger partial charge in [0.2, 0.25) is 0 Å². The van der Waals surface area contributed by atoms with Crippen molar-refractivity contribution in [2.24, 2.45) is 11.7 Å². The number of nitrogens with two attached hydrogens (primary N) is 1. The van der Waals surface area contributed by atoms with Crippen LogP contribution in [-0.2, 0) is 4.74 Å². The van der Waals surface area contributed by atoms with E-state index in [9.17, 15) is 4.79 Å². The molecule has 23 heavy (non-hydrogen) atoms. The molecule has 2 N–H and O–H groups in total. The van der Waals surface area contributed by atoms with Crippen LogP contribution in [0, 0.1) is 5.92 Å². The molecule has 122 valence electrons. The summed E-state index contributed by atoms with van der Waals surface area (Å²) in [5, 5.41) is 0.770. The number of hydrogen-bond donors (Lipinski definition) is 1. The van der Waals surface area contributed by atoms with E-state index in [2.05, 4.69) is 0 Å². The Morgan fingerprint density at radius 1 is 1.48 bits per heavy atom. The normalized spacial score (nSPS) is 27.2. The third-order valence-electron chi connectivity index (χ3n) is 5.07. The van der Waals surface area contributed by atoms with Gasteiger partial charge >= 0.3 is 0 Å². The van der Waals surface area contributed by atoms with E-state index in [0.717, 1.165) is 11.8 Å². The molecule has 0 spiro atoms. The lowest BCUT2D eigenvalue weighted by atomic mass is 9.84. The van der Waals surface area contributed by atoms with Crippen molar-refractivity contribution in [2.75, 3.05) is 33.4 Å². The van der Waals surface area contributed by atoms with Crippen molar-refractivity contribution in [1.82, 2.24) is 4.90 Å². The monoisotopic (exact) mass is 316 g/mol. The fourth-order valence-electron chi connectivity index (χ4n) is 3.61. The second-order valence-corrected chi connectivity index (χ2v) is 6.45. The van der Waals surface area contributed by atoms with E-state index < -0.39 is 0 Å². The third-order valence-corrected chi connectivity index (χ3v) is 5.07. The van der Waals surface area contributed by atoms with Crippen LogP contribution in [0.5, 0.6) is 5.75 Å². The average molecular weight is 316 g/mol. The Balaban J connectivity index is 1.65. The Hall–Kier alpha value is -2.05. The number of rotatable bonds is 2. The van der Waals surface area contributed by atoms with E-state index in [0.29, 0.717) is 43.2 Å². The lowest BCUT2D eigenvalue weighted by molar-refractivity contribution is 0.0241. The largest absolute Gasteiger partial charge is 0.497 e. The summed E-state index contributed by atoms with van der Waals surface area (Å²) < 4.78 is 16.3. The molecule has 2 aliphatic rings. The van der Waals surface area contributed by atoms with Gasteiger partial charge in [-0.25, -0.2) is 0 Å². The van der Waals surface area contributed by atoms with Crippen LogP contribution in [0.2, 0.25) is 0 Å². The van der Waals surface area contributed by atoms with Gasteiger partial charge in [-0.05, 0) is 24.6 Å². The Labute approximate surface area is 134 Å². The van der Waals surface area contributed by atoms with E-state index >= 15 is 0 Å². The molecule has 2 fully saturated rings. The molecule has 1 aromatic heterocycles. The number of fused-ring (bicyclic) bond motifs is 2. The number of likely N-dealkylation sites (tertiary alicyclic amines) is 1. The maximum Gasteiger partial charge on any atom is 0.257 e. The first-order valence-corrected chi connectivity index (χ1v) is 7.82. The van der Waals surface area contributed by atoms with Crippen molar-refractivity contribution in [3.05, 3.63) is 30.0 Å². The maximum absolute atomic E-state index is 12.9. The van der Waals surface area contributed by atoms with Crippen molar-refractivity contribution < 1.29 is 18.7 Å². The number of furan rings is 1. The smallest absolute Gasteiger partial charge is 0.257 e. The lowest BCUT2D eigenvalue weighted by Crippen LogP contribution is -2.52. The highest BCUT2D eigenvalue weighted by Crippen LogP contribution is 2.34. The van der Waals surface area contributed by atoms with Gasteiger partial charge in [-0.2, -0.15) is 0 Å². The molecule has 2 aromatic rings. The average Bonchev–Trinajstić information content (AvgIpc) is 3.13. The number of methoxy groups -OCH3 is 1. The van der Waals surface area contributed by atoms with Crippen LogP contribution >= 0.6 is 0 Å². The zero-order valence-electron chi connectivity index (χ0n) is 13.1. The van der Waals surface area contributed by atoms with E-state index in [1.165, 1.54) is 6.26 Å². The van der Waals surface area contributed by atoms with Gasteiger partial charge in [0, 0.05) is 36.5 Å². The molecular weight excluding hydrogens is 296 g/mol. The lowest BCUT2D eigenvalue weighted by Gasteiger charge is -2.34. The minimum Gasteiger partial charge on any atom is -0.497 e. The molecule has 0 unspecified atom stereocenters. The molecule has 0 saturated carbocycles. The Morgan fingerprint density at radius 3 is 3.13 bits per heavy atom. The summed E-state index contributed by atoms with van der Waals surface area (Å²) in [5.41, 5.74) is 7.39. The highest BCUT2D eigenvalue weighted by molar-refractivity contribution is 6.06. The van der Waals surface area contributed by atoms with Crippen LogP contribution in [0.3, 0.4) is 0 Å². The molecule has 3 heterocycles. The van der Waals surface area contributed by atoms with E-state index in [1.54, 1.807) is 7.11 Å². The van der Waals surface area contributed by atoms with E-state index in [4.69, 9.17) is 19.6 Å². The van der Waals surface area contributed by atoms with Gasteiger partial charge in [-0.3, -0.25) is 4.79 Å². The standard InChI is InChI=1S/C17H20N2O4/c1-21-12-2-3-15-13(6-12)14(9-23-15)16(20)19-7-11-8-22-5-4-17(11,18)10-19/h2-3,6,9,11H,4-5,7-8,10,18H2,1H3/t11-,17+/m1/s1. The van der Waals surface area contributed by atoms with Gasteiger partial charge in [0.1, 0.15) is 17.6 Å². The summed E-state index contributed by atoms with van der Waals surface area (Å²) in [6.45, 7) is 2.49. The predicted molar refractivity (Wildman–Crippen MR) is 84.5 cm³/mol. The van der Waals surface area contributed by atoms with Gasteiger partial charge in [-0.15, -0.1) is 0 Å². The highest BCUT2D eigenvalue weighted by Gasteiger charge is 2.47. The first-order chi connectivity index (χ1) is 11.1. The maximum atomic E-state index is 12.9. The second kappa shape index (κ2) is 5.25. The number of hydrogen-bond acceptors (Lipinski definition) is 5. The number of carbonyl (C=O) groups is 1. The van der Waals surface area contributed by atoms with Crippen LogP contribution < -0.4 is 10.5 Å². The molecule has 6 heteroatoms. The van der Waals surface area contributed by atoms with E-state index in [1.807, 2.05) is 23.1 Å². The molecule has 0 aliphatic carbocycles. The van der Waals surface area contributed by atoms with Crippen molar-refractivity contribution in [3.8, 4) is 5.75 Å². The summed E-state index contributed by atoms with van der Waals surface area (Å²) in [6, 6.07) is 5.46. The molecular formula is C17H20N2O4. The van der Waals surface area contributed by atoms with Crippen LogP contribution in [0.4, 0.5) is 0 Å². The molecule has 2 atom stereocenters. The Kier molecular flexibility index (Phi) is 3.32. The zero-order valence-corrected chi connectivity index (χ0v) is 13.1. The third kappa shape index (κ3) is 2.29. The minimum absolute atomic E-state index is 0.0452. The molecule has 2 aliphatic heterocycles. The van der Waals surface area contributed by atoms with Gasteiger partial charge in [0.15, 0.2) is 0 Å². The van der Waals surface area contributed by atoms with Crippen LogP contribution in [0.1, 0.15) is 16.8 Å². The molecule has 2 saturated heterocycles. The van der Waals surface area contributed by atoms with Crippen molar-refractivity contribution in [2.45, 2.75) is 12.0 Å². The molecule has 4 rings (SSSR count). The number of nitrogens with zero attached hydrogens (tertiary/aromatic N) is 1. The van der Waals surface area contributed by atoms with E-state index in [-0.39, 0.29) is 17.4 Å². The number of amides is 1. The minimum atomic E-state index is -0.328. The van der Waals surface area contributed by atoms with Crippen molar-refractivity contribution in [1.29, 1.82) is 0 Å². The molecule has 1 amide bonds. The summed E-state index contributed by atoms with van der Waals surface area (Å²) in [6.07, 6.45) is 2.31. The van der Waals surface area contributed by atoms with Gasteiger partial charge in [0.25, 0.3) is 5.91 Å². The molecule has 0 radical (unpaired) electrons. The molecule has 6 nitrogen and oxygen atoms in total. The topological polar surface area (TPSA) is 77.9 Å². The molecule has 1 aromatic carbocycles. The van der Waals surface area contributed by atoms with Crippen LogP contribution in [0.15, 0.2) is 28.9 Å². The number of benzene rings is 1. The van der Waals surface area contributed by atoms with Crippen LogP contribution in [-0.4, -0.2) is 49.8 Å². The van der Waals surface area contributed by atoms with Gasteiger partial charge in [-0.1, -0.05) is 0 Å². The fourth-order valence-corrected chi connectivity index (χ4v) is 3.61. The fraction of sp³-hybridized carbons (Fsp3) is 0.471. The summed E-state index contributed by atoms with van der Waals surface area (Å²) in [7, 11) is 1.60. The zero-order chi connectivity index (χ0) is 16.0. The quantitative estimate of drug-likeness (QED) is 0.911. The van der Waals surface area contributed by atoms with Crippen molar-refractivity contribution >= 4 is 16.9 Å². The Bertz CT molecular complexity index is 756. The predicted octanol–water partition coefficient (Wildman–Crippen LogP) is 1.63.